The quantitative estimate of drug-likeness (QED) is 0.754. The van der Waals surface area contributed by atoms with Crippen LogP contribution in [0.1, 0.15) is 65.7 Å². The minimum atomic E-state index is -0.688. The summed E-state index contributed by atoms with van der Waals surface area (Å²) in [6.45, 7) is 7.81. The molecule has 0 radical (unpaired) electrons. The minimum Gasteiger partial charge on any atom is -0.481 e. The Hall–Kier alpha value is -0.940. The van der Waals surface area contributed by atoms with Gasteiger partial charge in [0.25, 0.3) is 0 Å². The molecule has 27 heavy (non-hydrogen) atoms. The first kappa shape index (κ1) is 19.4. The van der Waals surface area contributed by atoms with Crippen LogP contribution in [0.4, 0.5) is 0 Å². The summed E-state index contributed by atoms with van der Waals surface area (Å²) in [6.07, 6.45) is 7.45. The van der Waals surface area contributed by atoms with Gasteiger partial charge in [0.1, 0.15) is 6.29 Å². The third-order valence-corrected chi connectivity index (χ3v) is 9.04. The number of hydrogen-bond donors (Lipinski definition) is 1. The van der Waals surface area contributed by atoms with Crippen LogP contribution in [0.25, 0.3) is 0 Å². The zero-order chi connectivity index (χ0) is 19.4. The van der Waals surface area contributed by atoms with Crippen LogP contribution in [0.5, 0.6) is 0 Å². The van der Waals surface area contributed by atoms with Crippen LogP contribution in [0.3, 0.4) is 0 Å². The van der Waals surface area contributed by atoms with Gasteiger partial charge < -0.3 is 19.4 Å². The highest BCUT2D eigenvalue weighted by Gasteiger charge is 2.66. The Balaban J connectivity index is 1.66. The smallest absolute Gasteiger partial charge is 0.307 e. The first-order chi connectivity index (χ1) is 12.8. The van der Waals surface area contributed by atoms with Crippen LogP contribution < -0.4 is 0 Å². The van der Waals surface area contributed by atoms with Gasteiger partial charge in [-0.05, 0) is 55.3 Å². The van der Waals surface area contributed by atoms with Crippen molar-refractivity contribution in [1.29, 1.82) is 0 Å². The van der Waals surface area contributed by atoms with Crippen LogP contribution >= 0.6 is 0 Å². The van der Waals surface area contributed by atoms with Gasteiger partial charge in [0, 0.05) is 17.8 Å². The molecule has 3 aliphatic carbocycles. The third kappa shape index (κ3) is 2.64. The summed E-state index contributed by atoms with van der Waals surface area (Å²) in [5, 5.41) is 9.96. The van der Waals surface area contributed by atoms with E-state index in [0.29, 0.717) is 19.1 Å². The van der Waals surface area contributed by atoms with E-state index in [2.05, 4.69) is 20.8 Å². The molecule has 1 N–H and O–H groups in total. The van der Waals surface area contributed by atoms with E-state index in [1.165, 1.54) is 0 Å². The summed E-state index contributed by atoms with van der Waals surface area (Å²) >= 11 is 0. The van der Waals surface area contributed by atoms with Crippen molar-refractivity contribution in [2.24, 2.45) is 40.4 Å². The van der Waals surface area contributed by atoms with Gasteiger partial charge in [0.15, 0.2) is 5.79 Å². The fraction of sp³-hybridized carbons (Fsp3) is 0.909. The summed E-state index contributed by atoms with van der Waals surface area (Å²) in [5.74, 6) is -0.873. The van der Waals surface area contributed by atoms with Gasteiger partial charge >= 0.3 is 5.97 Å². The third-order valence-electron chi connectivity index (χ3n) is 9.04. The topological polar surface area (TPSA) is 72.8 Å². The van der Waals surface area contributed by atoms with E-state index in [0.717, 1.165) is 51.2 Å². The highest BCUT2D eigenvalue weighted by molar-refractivity contribution is 5.71. The molecule has 1 saturated heterocycles. The Bertz CT molecular complexity index is 612. The number of ether oxygens (including phenoxy) is 2. The highest BCUT2D eigenvalue weighted by atomic mass is 16.7. The molecule has 3 saturated carbocycles. The molecule has 0 aromatic heterocycles. The van der Waals surface area contributed by atoms with Crippen molar-refractivity contribution in [3.63, 3.8) is 0 Å². The predicted molar refractivity (Wildman–Crippen MR) is 100.0 cm³/mol. The standard InChI is InChI=1S/C22H34O5/c1-14-4-7-20(2,18(12-14)19(24)25)16-5-8-21(3)17(15(16)13-23)6-9-22(21)26-10-11-27-22/h13-18H,4-12H2,1-3H3,(H,24,25)/t14-,15+,16-,17?,18+,20+,21-/m0/s1. The molecule has 7 atom stereocenters. The van der Waals surface area contributed by atoms with E-state index in [9.17, 15) is 14.7 Å². The molecule has 0 bridgehead atoms. The van der Waals surface area contributed by atoms with Gasteiger partial charge in [-0.1, -0.05) is 27.2 Å². The molecule has 1 aliphatic heterocycles. The normalized spacial score (nSPS) is 49.1. The molecule has 4 fully saturated rings. The Kier molecular flexibility index (Phi) is 4.70. The number of fused-ring (bicyclic) bond motifs is 2. The highest BCUT2D eigenvalue weighted by Crippen LogP contribution is 2.66. The van der Waals surface area contributed by atoms with Gasteiger partial charge in [-0.3, -0.25) is 4.79 Å². The van der Waals surface area contributed by atoms with Gasteiger partial charge in [0.05, 0.1) is 19.1 Å². The molecular formula is C22H34O5. The second-order valence-corrected chi connectivity index (χ2v) is 10.1. The fourth-order valence-electron chi connectivity index (χ4n) is 7.39. The average molecular weight is 379 g/mol. The summed E-state index contributed by atoms with van der Waals surface area (Å²) in [4.78, 5) is 24.5. The van der Waals surface area contributed by atoms with Crippen molar-refractivity contribution in [3.05, 3.63) is 0 Å². The summed E-state index contributed by atoms with van der Waals surface area (Å²) < 4.78 is 12.2. The lowest BCUT2D eigenvalue weighted by Crippen LogP contribution is -2.56. The van der Waals surface area contributed by atoms with Crippen LogP contribution in [0.2, 0.25) is 0 Å². The van der Waals surface area contributed by atoms with Gasteiger partial charge in [-0.2, -0.15) is 0 Å². The number of aldehydes is 1. The number of carbonyl (C=O) groups excluding carboxylic acids is 1. The van der Waals surface area contributed by atoms with E-state index in [-0.39, 0.29) is 34.5 Å². The Labute approximate surface area is 162 Å². The van der Waals surface area contributed by atoms with Crippen LogP contribution in [-0.2, 0) is 19.1 Å². The SMILES string of the molecule is C[C@H]1CC[C@](C)([C@H]2CC[C@@]3(C)C(CCC34OCCO4)[C@@H]2C=O)[C@@H](C(=O)O)C1. The van der Waals surface area contributed by atoms with Crippen LogP contribution in [-0.4, -0.2) is 36.4 Å². The van der Waals surface area contributed by atoms with E-state index in [4.69, 9.17) is 9.47 Å². The van der Waals surface area contributed by atoms with Crippen LogP contribution in [0, 0.1) is 40.4 Å². The number of carboxylic acid groups (broad SMARTS) is 1. The molecule has 4 rings (SSSR count). The first-order valence-corrected chi connectivity index (χ1v) is 10.7. The second kappa shape index (κ2) is 6.55. The van der Waals surface area contributed by atoms with E-state index < -0.39 is 11.8 Å². The largest absolute Gasteiger partial charge is 0.481 e. The number of carbonyl (C=O) groups is 2. The zero-order valence-electron chi connectivity index (χ0n) is 16.9. The minimum absolute atomic E-state index is 0.101. The molecule has 5 heteroatoms. The molecule has 1 heterocycles. The maximum absolute atomic E-state index is 12.4. The predicted octanol–water partition coefficient (Wildman–Crippen LogP) is 3.90. The lowest BCUT2D eigenvalue weighted by Gasteiger charge is -2.56. The number of carboxylic acids is 1. The number of rotatable bonds is 3. The van der Waals surface area contributed by atoms with E-state index in [1.807, 2.05) is 0 Å². The lowest BCUT2D eigenvalue weighted by atomic mass is 9.49. The molecular weight excluding hydrogens is 344 g/mol. The van der Waals surface area contributed by atoms with Crippen molar-refractivity contribution in [2.45, 2.75) is 71.5 Å². The van der Waals surface area contributed by atoms with Crippen molar-refractivity contribution in [3.8, 4) is 0 Å². The molecule has 1 spiro atoms. The molecule has 0 amide bonds. The second-order valence-electron chi connectivity index (χ2n) is 10.1. The molecule has 1 unspecified atom stereocenters. The van der Waals surface area contributed by atoms with Crippen molar-refractivity contribution < 1.29 is 24.2 Å². The molecule has 5 nitrogen and oxygen atoms in total. The Morgan fingerprint density at radius 1 is 1.04 bits per heavy atom. The summed E-state index contributed by atoms with van der Waals surface area (Å²) in [7, 11) is 0. The summed E-state index contributed by atoms with van der Waals surface area (Å²) in [5.41, 5.74) is -0.457. The van der Waals surface area contributed by atoms with Crippen LogP contribution in [0.15, 0.2) is 0 Å². The van der Waals surface area contributed by atoms with Gasteiger partial charge in [0.2, 0.25) is 0 Å². The molecule has 0 aromatic carbocycles. The average Bonchev–Trinajstić information content (AvgIpc) is 3.23. The van der Waals surface area contributed by atoms with Crippen molar-refractivity contribution >= 4 is 12.3 Å². The maximum atomic E-state index is 12.4. The zero-order valence-corrected chi connectivity index (χ0v) is 16.9. The van der Waals surface area contributed by atoms with Crippen molar-refractivity contribution in [1.82, 2.24) is 0 Å². The summed E-state index contributed by atoms with van der Waals surface area (Å²) in [6, 6.07) is 0. The molecule has 4 aliphatic rings. The Morgan fingerprint density at radius 3 is 2.33 bits per heavy atom. The van der Waals surface area contributed by atoms with E-state index >= 15 is 0 Å². The van der Waals surface area contributed by atoms with Crippen molar-refractivity contribution in [2.75, 3.05) is 13.2 Å². The lowest BCUT2D eigenvalue weighted by molar-refractivity contribution is -0.241. The monoisotopic (exact) mass is 378 g/mol. The van der Waals surface area contributed by atoms with E-state index in [1.54, 1.807) is 0 Å². The number of aliphatic carboxylic acids is 1. The first-order valence-electron chi connectivity index (χ1n) is 10.7. The Morgan fingerprint density at radius 2 is 1.70 bits per heavy atom. The number of hydrogen-bond acceptors (Lipinski definition) is 4. The molecule has 0 aromatic rings. The van der Waals surface area contributed by atoms with Gasteiger partial charge in [-0.25, -0.2) is 0 Å². The molecule has 152 valence electrons. The van der Waals surface area contributed by atoms with Gasteiger partial charge in [-0.15, -0.1) is 0 Å². The maximum Gasteiger partial charge on any atom is 0.307 e. The fourth-order valence-corrected chi connectivity index (χ4v) is 7.39.